The molecule has 0 radical (unpaired) electrons. The number of halogens is 4. The highest BCUT2D eigenvalue weighted by molar-refractivity contribution is 8.03. The molecule has 0 unspecified atom stereocenters. The molecule has 0 spiro atoms. The number of oxime groups is 1. The predicted octanol–water partition coefficient (Wildman–Crippen LogP) is 2.01. The summed E-state index contributed by atoms with van der Waals surface area (Å²) in [5.74, 6) is -3.36. The van der Waals surface area contributed by atoms with Gasteiger partial charge in [0.2, 0.25) is 0 Å². The van der Waals surface area contributed by atoms with Crippen molar-refractivity contribution in [1.82, 2.24) is 23.9 Å². The molecule has 0 aromatic carbocycles. The second kappa shape index (κ2) is 9.25. The lowest BCUT2D eigenvalue weighted by atomic mass is 9.86. The van der Waals surface area contributed by atoms with Crippen LogP contribution in [0.1, 0.15) is 24.2 Å². The quantitative estimate of drug-likeness (QED) is 0.174. The zero-order valence-corrected chi connectivity index (χ0v) is 19.9. The normalized spacial score (nSPS) is 20.5. The highest BCUT2D eigenvalue weighted by Crippen LogP contribution is 2.45. The first-order valence-electron chi connectivity index (χ1n) is 9.26. The van der Waals surface area contributed by atoms with Crippen LogP contribution in [0, 0.1) is 0 Å². The number of thioether (sulfide) groups is 1. The molecule has 1 fully saturated rings. The van der Waals surface area contributed by atoms with Crippen molar-refractivity contribution in [2.75, 3.05) is 5.73 Å². The van der Waals surface area contributed by atoms with Crippen LogP contribution in [-0.2, 0) is 20.6 Å². The van der Waals surface area contributed by atoms with E-state index < -0.39 is 58.2 Å². The van der Waals surface area contributed by atoms with Gasteiger partial charge in [-0.1, -0.05) is 39.9 Å². The van der Waals surface area contributed by atoms with Crippen molar-refractivity contribution in [3.05, 3.63) is 26.3 Å². The summed E-state index contributed by atoms with van der Waals surface area (Å²) in [5.41, 5.74) is 2.96. The number of hydrogen-bond acceptors (Lipinski definition) is 12. The molecule has 12 nitrogen and oxygen atoms in total. The van der Waals surface area contributed by atoms with Gasteiger partial charge in [-0.25, -0.2) is 9.78 Å². The average molecular weight is 570 g/mol. The highest BCUT2D eigenvalue weighted by atomic mass is 35.5. The van der Waals surface area contributed by atoms with E-state index in [4.69, 9.17) is 17.3 Å². The molecule has 4 rings (SSSR count). The van der Waals surface area contributed by atoms with Crippen LogP contribution in [0.3, 0.4) is 0 Å². The Morgan fingerprint density at radius 3 is 2.63 bits per heavy atom. The fourth-order valence-corrected chi connectivity index (χ4v) is 6.24. The van der Waals surface area contributed by atoms with Crippen molar-refractivity contribution in [2.45, 2.75) is 36.1 Å². The van der Waals surface area contributed by atoms with Crippen molar-refractivity contribution >= 4 is 75.1 Å². The zero-order valence-electron chi connectivity index (χ0n) is 16.7. The first-order valence-corrected chi connectivity index (χ1v) is 12.0. The number of rotatable bonds is 6. The van der Waals surface area contributed by atoms with Gasteiger partial charge in [0.25, 0.3) is 11.8 Å². The number of alkyl halides is 3. The second-order valence-electron chi connectivity index (χ2n) is 6.98. The molecule has 2 amide bonds. The molecule has 19 heteroatoms. The number of fused-ring (bicyclic) bond motifs is 1. The maximum atomic E-state index is 13.1. The maximum absolute atomic E-state index is 13.1. The number of thiazole rings is 1. The van der Waals surface area contributed by atoms with E-state index in [0.717, 1.165) is 16.2 Å². The molecule has 2 aliphatic rings. The van der Waals surface area contributed by atoms with E-state index in [0.29, 0.717) is 23.5 Å². The molecular formula is C16H11ClF3N7O5S3. The lowest BCUT2D eigenvalue weighted by Crippen LogP contribution is -2.72. The Hall–Kier alpha value is -2.96. The second-order valence-corrected chi connectivity index (χ2v) is 10.2. The number of nitrogen functional groups attached to an aromatic ring is 1. The van der Waals surface area contributed by atoms with Gasteiger partial charge in [-0.15, -0.1) is 0 Å². The summed E-state index contributed by atoms with van der Waals surface area (Å²) in [5, 5.41) is 23.7. The number of nitrogens with zero attached hydrogens (tertiary/aromatic N) is 5. The van der Waals surface area contributed by atoms with Crippen LogP contribution in [0.15, 0.2) is 20.8 Å². The fourth-order valence-electron chi connectivity index (χ4n) is 3.54. The highest BCUT2D eigenvalue weighted by Gasteiger charge is 2.54. The van der Waals surface area contributed by atoms with Crippen LogP contribution in [-0.4, -0.2) is 64.5 Å². The van der Waals surface area contributed by atoms with Crippen LogP contribution < -0.4 is 11.1 Å². The average Bonchev–Trinajstić information content (AvgIpc) is 3.38. The molecule has 2 aromatic rings. The lowest BCUT2D eigenvalue weighted by molar-refractivity contribution is -0.155. The number of carbonyl (C=O) groups is 3. The van der Waals surface area contributed by atoms with E-state index >= 15 is 0 Å². The Labute approximate surface area is 210 Å². The summed E-state index contributed by atoms with van der Waals surface area (Å²) in [6, 6.07) is -1.98. The molecule has 186 valence electrons. The van der Waals surface area contributed by atoms with Crippen LogP contribution in [0.4, 0.5) is 18.3 Å². The number of anilines is 1. The molecule has 2 aliphatic heterocycles. The van der Waals surface area contributed by atoms with E-state index in [2.05, 4.69) is 24.2 Å². The molecule has 0 saturated carbocycles. The zero-order chi connectivity index (χ0) is 25.7. The molecule has 5 N–H and O–H groups in total. The van der Waals surface area contributed by atoms with Gasteiger partial charge in [0.15, 0.2) is 16.5 Å². The topological polar surface area (TPSA) is 184 Å². The molecule has 1 saturated heterocycles. The summed E-state index contributed by atoms with van der Waals surface area (Å²) in [6.45, 7) is 0. The summed E-state index contributed by atoms with van der Waals surface area (Å²) < 4.78 is 46.2. The molecule has 2 aromatic heterocycles. The van der Waals surface area contributed by atoms with E-state index in [1.54, 1.807) is 0 Å². The number of hydrogen-bond donors (Lipinski definition) is 4. The van der Waals surface area contributed by atoms with Crippen molar-refractivity contribution in [1.29, 1.82) is 0 Å². The Kier molecular flexibility index (Phi) is 6.64. The Morgan fingerprint density at radius 2 is 2.06 bits per heavy atom. The Morgan fingerprint density at radius 1 is 1.34 bits per heavy atom. The fraction of sp³-hybridized carbons (Fsp3) is 0.312. The molecule has 0 bridgehead atoms. The van der Waals surface area contributed by atoms with Crippen molar-refractivity contribution in [3.63, 3.8) is 0 Å². The minimum absolute atomic E-state index is 0.00221. The van der Waals surface area contributed by atoms with Gasteiger partial charge < -0.3 is 21.4 Å². The molecule has 2 atom stereocenters. The van der Waals surface area contributed by atoms with Crippen molar-refractivity contribution in [3.8, 4) is 0 Å². The number of aromatic nitrogens is 3. The van der Waals surface area contributed by atoms with E-state index in [1.165, 1.54) is 0 Å². The van der Waals surface area contributed by atoms with Crippen molar-refractivity contribution < 1.29 is 37.9 Å². The summed E-state index contributed by atoms with van der Waals surface area (Å²) in [6.07, 6.45) is -4.66. The van der Waals surface area contributed by atoms with Crippen LogP contribution >= 0.6 is 46.4 Å². The van der Waals surface area contributed by atoms with Gasteiger partial charge in [0.1, 0.15) is 26.8 Å². The number of β-lactam (4-membered cyclic amide) rings is 1. The number of aliphatic carboxylic acids is 1. The number of carbonyl (C=O) groups excluding carboxylic acids is 2. The number of allylic oxidation sites excluding steroid dienone is 1. The van der Waals surface area contributed by atoms with Crippen LogP contribution in [0.2, 0.25) is 4.34 Å². The van der Waals surface area contributed by atoms with Crippen molar-refractivity contribution in [2.24, 2.45) is 5.16 Å². The number of carboxylic acids is 1. The standard InChI is InChI=1S/C16H11ClF3N7O5S3/c17-10-6(23-15(21)34-10)7(24-32)11(28)22-5-3-1-2-4(8(14(30)31)27(3)13(5)29)33-12-9(16(18,19)20)25-35-26-12/h3,5,32H,1-2H2,(H2,21,23)(H,22,28)(H,30,31)/b24-7-/t3-,5+/m1/s1. The molecule has 0 aliphatic carbocycles. The minimum atomic E-state index is -4.78. The number of nitrogens with one attached hydrogen (secondary N) is 1. The smallest absolute Gasteiger partial charge is 0.437 e. The van der Waals surface area contributed by atoms with Gasteiger partial charge in [-0.3, -0.25) is 14.5 Å². The summed E-state index contributed by atoms with van der Waals surface area (Å²) in [4.78, 5) is 42.0. The third-order valence-electron chi connectivity index (χ3n) is 4.97. The van der Waals surface area contributed by atoms with Crippen LogP contribution in [0.5, 0.6) is 0 Å². The lowest BCUT2D eigenvalue weighted by Gasteiger charge is -2.50. The predicted molar refractivity (Wildman–Crippen MR) is 117 cm³/mol. The third-order valence-corrected chi connectivity index (χ3v) is 7.82. The van der Waals surface area contributed by atoms with Gasteiger partial charge in [-0.05, 0) is 12.8 Å². The Bertz CT molecular complexity index is 1290. The van der Waals surface area contributed by atoms with E-state index in [9.17, 15) is 37.9 Å². The van der Waals surface area contributed by atoms with Crippen LogP contribution in [0.25, 0.3) is 0 Å². The number of amides is 2. The Balaban J connectivity index is 1.55. The molecule has 35 heavy (non-hydrogen) atoms. The first kappa shape index (κ1) is 25.1. The van der Waals surface area contributed by atoms with Gasteiger partial charge in [0, 0.05) is 4.91 Å². The maximum Gasteiger partial charge on any atom is 0.437 e. The van der Waals surface area contributed by atoms with Gasteiger partial charge in [-0.2, -0.15) is 21.9 Å². The SMILES string of the molecule is Nc1nc(/C(=N/O)C(=O)N[C@@H]2C(=O)N3C(C(=O)O)=C(Sc4nsnc4C(F)(F)F)CC[C@H]23)c(Cl)s1. The molecular weight excluding hydrogens is 559 g/mol. The van der Waals surface area contributed by atoms with Gasteiger partial charge >= 0.3 is 12.1 Å². The summed E-state index contributed by atoms with van der Waals surface area (Å²) >= 11 is 7.56. The number of nitrogens with two attached hydrogens (primary N) is 1. The summed E-state index contributed by atoms with van der Waals surface area (Å²) in [7, 11) is 0. The minimum Gasteiger partial charge on any atom is -0.477 e. The molecule has 4 heterocycles. The first-order chi connectivity index (χ1) is 16.4. The largest absolute Gasteiger partial charge is 0.477 e. The monoisotopic (exact) mass is 569 g/mol. The third kappa shape index (κ3) is 4.53. The van der Waals surface area contributed by atoms with Gasteiger partial charge in [0.05, 0.1) is 17.8 Å². The van der Waals surface area contributed by atoms with E-state index in [1.807, 2.05) is 0 Å². The number of carboxylic acid groups (broad SMARTS) is 1. The van der Waals surface area contributed by atoms with E-state index in [-0.39, 0.29) is 32.9 Å².